The van der Waals surface area contributed by atoms with E-state index in [1.54, 1.807) is 0 Å². The molecule has 1 aromatic rings. The lowest BCUT2D eigenvalue weighted by Gasteiger charge is -2.15. The Labute approximate surface area is 111 Å². The van der Waals surface area contributed by atoms with Crippen LogP contribution in [-0.2, 0) is 20.9 Å². The minimum Gasteiger partial charge on any atom is -0.459 e. The lowest BCUT2D eigenvalue weighted by molar-refractivity contribution is -0.148. The zero-order chi connectivity index (χ0) is 13.4. The molecule has 1 atom stereocenters. The predicted molar refractivity (Wildman–Crippen MR) is 71.1 cm³/mol. The molecule has 1 amide bonds. The molecule has 0 aliphatic rings. The van der Waals surface area contributed by atoms with Crippen molar-refractivity contribution in [3.05, 3.63) is 35.9 Å². The van der Waals surface area contributed by atoms with E-state index in [-0.39, 0.29) is 18.9 Å². The van der Waals surface area contributed by atoms with Gasteiger partial charge >= 0.3 is 5.97 Å². The number of amides is 1. The number of thiol groups is 1. The fourth-order valence-electron chi connectivity index (χ4n) is 1.26. The van der Waals surface area contributed by atoms with E-state index in [4.69, 9.17) is 10.5 Å². The molecule has 3 N–H and O–H groups in total. The maximum absolute atomic E-state index is 11.7. The zero-order valence-corrected chi connectivity index (χ0v) is 10.7. The summed E-state index contributed by atoms with van der Waals surface area (Å²) in [5.41, 5.74) is 6.03. The molecule has 0 saturated heterocycles. The molecule has 0 unspecified atom stereocenters. The molecule has 0 heterocycles. The molecule has 0 spiro atoms. The second kappa shape index (κ2) is 7.73. The smallest absolute Gasteiger partial charge is 0.329 e. The largest absolute Gasteiger partial charge is 0.459 e. The Hall–Kier alpha value is -1.53. The number of benzene rings is 1. The van der Waals surface area contributed by atoms with Crippen LogP contribution < -0.4 is 11.1 Å². The van der Waals surface area contributed by atoms with Crippen molar-refractivity contribution in [2.45, 2.75) is 12.6 Å². The first-order valence-electron chi connectivity index (χ1n) is 5.48. The van der Waals surface area contributed by atoms with Crippen LogP contribution in [0.4, 0.5) is 0 Å². The fourth-order valence-corrected chi connectivity index (χ4v) is 1.50. The highest BCUT2D eigenvalue weighted by Crippen LogP contribution is 2.02. The molecule has 5 nitrogen and oxygen atoms in total. The van der Waals surface area contributed by atoms with E-state index in [0.29, 0.717) is 0 Å². The Morgan fingerprint density at radius 3 is 2.56 bits per heavy atom. The van der Waals surface area contributed by atoms with Crippen LogP contribution in [0, 0.1) is 0 Å². The number of hydrogen-bond acceptors (Lipinski definition) is 5. The lowest BCUT2D eigenvalue weighted by atomic mass is 10.2. The summed E-state index contributed by atoms with van der Waals surface area (Å²) in [5, 5.41) is 2.44. The highest BCUT2D eigenvalue weighted by Gasteiger charge is 2.20. The van der Waals surface area contributed by atoms with Gasteiger partial charge in [0.05, 0.1) is 6.54 Å². The summed E-state index contributed by atoms with van der Waals surface area (Å²) in [5.74, 6) is -0.763. The predicted octanol–water partition coefficient (Wildman–Crippen LogP) is 0.103. The minimum atomic E-state index is -0.770. The summed E-state index contributed by atoms with van der Waals surface area (Å²) >= 11 is 3.99. The molecule has 0 aliphatic carbocycles. The van der Waals surface area contributed by atoms with E-state index >= 15 is 0 Å². The van der Waals surface area contributed by atoms with Gasteiger partial charge in [0, 0.05) is 5.75 Å². The lowest BCUT2D eigenvalue weighted by Crippen LogP contribution is -2.45. The van der Waals surface area contributed by atoms with Gasteiger partial charge in [-0.05, 0) is 5.56 Å². The van der Waals surface area contributed by atoms with Crippen LogP contribution in [0.1, 0.15) is 5.56 Å². The maximum Gasteiger partial charge on any atom is 0.329 e. The molecule has 0 radical (unpaired) electrons. The molecule has 0 aromatic heterocycles. The summed E-state index contributed by atoms with van der Waals surface area (Å²) in [6.45, 7) is -0.00130. The quantitative estimate of drug-likeness (QED) is 0.505. The van der Waals surface area contributed by atoms with Crippen molar-refractivity contribution in [1.29, 1.82) is 0 Å². The van der Waals surface area contributed by atoms with E-state index < -0.39 is 17.9 Å². The number of ether oxygens (including phenoxy) is 1. The van der Waals surface area contributed by atoms with Gasteiger partial charge in [-0.25, -0.2) is 4.79 Å². The van der Waals surface area contributed by atoms with Gasteiger partial charge in [-0.2, -0.15) is 12.6 Å². The van der Waals surface area contributed by atoms with Gasteiger partial charge in [0.25, 0.3) is 0 Å². The Bertz CT molecular complexity index is 398. The minimum absolute atomic E-state index is 0.166. The van der Waals surface area contributed by atoms with Crippen LogP contribution >= 0.6 is 12.6 Å². The average Bonchev–Trinajstić information content (AvgIpc) is 2.42. The van der Waals surface area contributed by atoms with Crippen LogP contribution in [0.3, 0.4) is 0 Å². The average molecular weight is 268 g/mol. The number of nitrogens with two attached hydrogens (primary N) is 1. The SMILES string of the molecule is NCC(=O)N[C@@H](CS)C(=O)OCc1ccccc1. The van der Waals surface area contributed by atoms with Crippen LogP contribution in [0.2, 0.25) is 0 Å². The summed E-state index contributed by atoms with van der Waals surface area (Å²) < 4.78 is 5.08. The van der Waals surface area contributed by atoms with Gasteiger partial charge in [0.2, 0.25) is 5.91 Å². The molecule has 1 rings (SSSR count). The summed E-state index contributed by atoms with van der Waals surface area (Å²) in [7, 11) is 0. The van der Waals surface area contributed by atoms with E-state index in [9.17, 15) is 9.59 Å². The number of carbonyl (C=O) groups excluding carboxylic acids is 2. The Morgan fingerprint density at radius 1 is 1.33 bits per heavy atom. The van der Waals surface area contributed by atoms with Crippen molar-refractivity contribution >= 4 is 24.5 Å². The number of nitrogens with one attached hydrogen (secondary N) is 1. The van der Waals surface area contributed by atoms with Crippen molar-refractivity contribution in [3.8, 4) is 0 Å². The highest BCUT2D eigenvalue weighted by atomic mass is 32.1. The molecule has 0 aliphatic heterocycles. The first kappa shape index (κ1) is 14.5. The molecular weight excluding hydrogens is 252 g/mol. The van der Waals surface area contributed by atoms with Gasteiger partial charge in [-0.3, -0.25) is 4.79 Å². The van der Waals surface area contributed by atoms with E-state index in [2.05, 4.69) is 17.9 Å². The highest BCUT2D eigenvalue weighted by molar-refractivity contribution is 7.80. The van der Waals surface area contributed by atoms with Gasteiger partial charge in [0.1, 0.15) is 12.6 Å². The van der Waals surface area contributed by atoms with Crippen LogP contribution in [0.25, 0.3) is 0 Å². The Balaban J connectivity index is 2.45. The van der Waals surface area contributed by atoms with Crippen LogP contribution in [-0.4, -0.2) is 30.2 Å². The number of carbonyl (C=O) groups is 2. The third-order valence-corrected chi connectivity index (χ3v) is 2.58. The van der Waals surface area contributed by atoms with E-state index in [1.807, 2.05) is 30.3 Å². The normalized spacial score (nSPS) is 11.7. The monoisotopic (exact) mass is 268 g/mol. The summed E-state index contributed by atoms with van der Waals surface area (Å²) in [6, 6.07) is 8.52. The number of rotatable bonds is 6. The van der Waals surface area contributed by atoms with Crippen molar-refractivity contribution in [2.24, 2.45) is 5.73 Å². The van der Waals surface area contributed by atoms with Gasteiger partial charge < -0.3 is 15.8 Å². The standard InChI is InChI=1S/C12H16N2O3S/c13-6-11(15)14-10(8-18)12(16)17-7-9-4-2-1-3-5-9/h1-5,10,18H,6-8,13H2,(H,14,15)/t10-/m0/s1. The van der Waals surface area contributed by atoms with Crippen LogP contribution in [0.5, 0.6) is 0 Å². The van der Waals surface area contributed by atoms with E-state index in [0.717, 1.165) is 5.56 Å². The van der Waals surface area contributed by atoms with Crippen molar-refractivity contribution in [2.75, 3.05) is 12.3 Å². The molecule has 18 heavy (non-hydrogen) atoms. The number of esters is 1. The molecule has 0 saturated carbocycles. The second-order valence-electron chi connectivity index (χ2n) is 3.60. The fraction of sp³-hybridized carbons (Fsp3) is 0.333. The maximum atomic E-state index is 11.7. The molecule has 6 heteroatoms. The van der Waals surface area contributed by atoms with Crippen molar-refractivity contribution in [1.82, 2.24) is 5.32 Å². The van der Waals surface area contributed by atoms with Crippen molar-refractivity contribution in [3.63, 3.8) is 0 Å². The molecular formula is C12H16N2O3S. The van der Waals surface area contributed by atoms with E-state index in [1.165, 1.54) is 0 Å². The molecule has 0 bridgehead atoms. The third kappa shape index (κ3) is 4.77. The van der Waals surface area contributed by atoms with Crippen molar-refractivity contribution < 1.29 is 14.3 Å². The summed E-state index contributed by atoms with van der Waals surface area (Å²) in [4.78, 5) is 22.8. The Morgan fingerprint density at radius 2 is 2.00 bits per heavy atom. The third-order valence-electron chi connectivity index (χ3n) is 2.21. The molecule has 1 aromatic carbocycles. The van der Waals surface area contributed by atoms with Gasteiger partial charge in [0.15, 0.2) is 0 Å². The summed E-state index contributed by atoms with van der Waals surface area (Å²) in [6.07, 6.45) is 0. The van der Waals surface area contributed by atoms with Crippen LogP contribution in [0.15, 0.2) is 30.3 Å². The molecule has 98 valence electrons. The van der Waals surface area contributed by atoms with Gasteiger partial charge in [-0.15, -0.1) is 0 Å². The Kier molecular flexibility index (Phi) is 6.24. The number of hydrogen-bond donors (Lipinski definition) is 3. The first-order valence-corrected chi connectivity index (χ1v) is 6.11. The van der Waals surface area contributed by atoms with Gasteiger partial charge in [-0.1, -0.05) is 30.3 Å². The topological polar surface area (TPSA) is 81.4 Å². The zero-order valence-electron chi connectivity index (χ0n) is 9.83. The molecule has 0 fully saturated rings. The second-order valence-corrected chi connectivity index (χ2v) is 3.97. The first-order chi connectivity index (χ1) is 8.67.